The van der Waals surface area contributed by atoms with E-state index in [4.69, 9.17) is 4.74 Å². The van der Waals surface area contributed by atoms with Crippen LogP contribution in [0, 0.1) is 5.82 Å². The molecule has 0 aliphatic heterocycles. The minimum absolute atomic E-state index is 0.0178. The van der Waals surface area contributed by atoms with E-state index in [9.17, 15) is 17.6 Å². The van der Waals surface area contributed by atoms with E-state index in [1.54, 1.807) is 31.2 Å². The molecular weight excluding hydrogens is 359 g/mol. The van der Waals surface area contributed by atoms with Crippen LogP contribution in [0.2, 0.25) is 0 Å². The summed E-state index contributed by atoms with van der Waals surface area (Å²) >= 11 is 0. The van der Waals surface area contributed by atoms with Gasteiger partial charge in [-0.05, 0) is 37.3 Å². The first-order chi connectivity index (χ1) is 12.3. The number of amides is 1. The maximum absolute atomic E-state index is 13.2. The van der Waals surface area contributed by atoms with Crippen molar-refractivity contribution < 1.29 is 22.3 Å². The zero-order valence-corrected chi connectivity index (χ0v) is 15.4. The highest BCUT2D eigenvalue weighted by atomic mass is 32.2. The second-order valence-corrected chi connectivity index (χ2v) is 7.41. The van der Waals surface area contributed by atoms with Crippen molar-refractivity contribution in [3.63, 3.8) is 0 Å². The maximum atomic E-state index is 13.2. The number of nitrogens with one attached hydrogen (secondary N) is 1. The number of hydrogen-bond donors (Lipinski definition) is 1. The lowest BCUT2D eigenvalue weighted by Crippen LogP contribution is -2.38. The van der Waals surface area contributed by atoms with Crippen molar-refractivity contribution >= 4 is 21.6 Å². The first kappa shape index (κ1) is 19.7. The number of anilines is 1. The molecule has 0 atom stereocenters. The van der Waals surface area contributed by atoms with Gasteiger partial charge in [0.05, 0.1) is 25.1 Å². The maximum Gasteiger partial charge on any atom is 0.251 e. The van der Waals surface area contributed by atoms with Crippen molar-refractivity contribution in [2.24, 2.45) is 0 Å². The summed E-state index contributed by atoms with van der Waals surface area (Å²) in [5, 5.41) is 2.60. The number of ether oxygens (including phenoxy) is 1. The van der Waals surface area contributed by atoms with Crippen molar-refractivity contribution in [1.82, 2.24) is 5.32 Å². The fourth-order valence-electron chi connectivity index (χ4n) is 2.41. The standard InChI is InChI=1S/C18H21FN2O4S/c1-3-25-17-10-5-4-9-16(17)21(26(2,23)24)12-11-20-18(22)14-7-6-8-15(19)13-14/h4-10,13H,3,11-12H2,1-2H3,(H,20,22). The highest BCUT2D eigenvalue weighted by Gasteiger charge is 2.21. The Kier molecular flexibility index (Phi) is 6.57. The van der Waals surface area contributed by atoms with E-state index in [0.29, 0.717) is 18.0 Å². The summed E-state index contributed by atoms with van der Waals surface area (Å²) in [4.78, 5) is 12.1. The Bertz CT molecular complexity index is 871. The molecule has 8 heteroatoms. The molecule has 0 aliphatic rings. The van der Waals surface area contributed by atoms with Gasteiger partial charge in [0.1, 0.15) is 11.6 Å². The minimum Gasteiger partial charge on any atom is -0.492 e. The number of halogens is 1. The van der Waals surface area contributed by atoms with Crippen molar-refractivity contribution in [2.75, 3.05) is 30.3 Å². The average Bonchev–Trinajstić information content (AvgIpc) is 2.58. The zero-order valence-electron chi connectivity index (χ0n) is 14.6. The number of nitrogens with zero attached hydrogens (tertiary/aromatic N) is 1. The van der Waals surface area contributed by atoms with Crippen LogP contribution in [-0.4, -0.2) is 40.3 Å². The summed E-state index contributed by atoms with van der Waals surface area (Å²) in [6, 6.07) is 12.1. The van der Waals surface area contributed by atoms with Gasteiger partial charge in [-0.25, -0.2) is 12.8 Å². The van der Waals surface area contributed by atoms with Crippen LogP contribution in [0.4, 0.5) is 10.1 Å². The summed E-state index contributed by atoms with van der Waals surface area (Å²) in [6.07, 6.45) is 1.09. The molecule has 0 unspecified atom stereocenters. The molecule has 0 bridgehead atoms. The largest absolute Gasteiger partial charge is 0.492 e. The summed E-state index contributed by atoms with van der Waals surface area (Å²) < 4.78 is 44.2. The van der Waals surface area contributed by atoms with Gasteiger partial charge in [0.15, 0.2) is 0 Å². The molecule has 1 amide bonds. The number of benzene rings is 2. The molecule has 0 fully saturated rings. The third kappa shape index (κ3) is 5.19. The van der Waals surface area contributed by atoms with Gasteiger partial charge in [0.2, 0.25) is 10.0 Å². The quantitative estimate of drug-likeness (QED) is 0.763. The van der Waals surface area contributed by atoms with Gasteiger partial charge in [0.25, 0.3) is 5.91 Å². The Balaban J connectivity index is 2.12. The molecule has 1 N–H and O–H groups in total. The van der Waals surface area contributed by atoms with Crippen LogP contribution in [0.15, 0.2) is 48.5 Å². The topological polar surface area (TPSA) is 75.7 Å². The van der Waals surface area contributed by atoms with E-state index < -0.39 is 21.7 Å². The second kappa shape index (κ2) is 8.66. The Morgan fingerprint density at radius 2 is 1.92 bits per heavy atom. The minimum atomic E-state index is -3.59. The molecule has 140 valence electrons. The van der Waals surface area contributed by atoms with Crippen LogP contribution in [-0.2, 0) is 10.0 Å². The van der Waals surface area contributed by atoms with Crippen LogP contribution in [0.3, 0.4) is 0 Å². The van der Waals surface area contributed by atoms with Crippen LogP contribution in [0.25, 0.3) is 0 Å². The van der Waals surface area contributed by atoms with Crippen molar-refractivity contribution in [1.29, 1.82) is 0 Å². The highest BCUT2D eigenvalue weighted by Crippen LogP contribution is 2.29. The van der Waals surface area contributed by atoms with Gasteiger partial charge in [0, 0.05) is 12.1 Å². The molecule has 6 nitrogen and oxygen atoms in total. The van der Waals surface area contributed by atoms with Gasteiger partial charge in [-0.3, -0.25) is 9.10 Å². The van der Waals surface area contributed by atoms with Gasteiger partial charge in [-0.15, -0.1) is 0 Å². The summed E-state index contributed by atoms with van der Waals surface area (Å²) in [6.45, 7) is 2.28. The van der Waals surface area contributed by atoms with Crippen LogP contribution in [0.1, 0.15) is 17.3 Å². The van der Waals surface area contributed by atoms with E-state index in [1.165, 1.54) is 22.5 Å². The third-order valence-electron chi connectivity index (χ3n) is 3.52. The number of carbonyl (C=O) groups is 1. The molecule has 0 saturated heterocycles. The number of sulfonamides is 1. The summed E-state index contributed by atoms with van der Waals surface area (Å²) in [7, 11) is -3.59. The Morgan fingerprint density at radius 1 is 1.19 bits per heavy atom. The molecule has 2 aromatic carbocycles. The van der Waals surface area contributed by atoms with Gasteiger partial charge in [-0.1, -0.05) is 18.2 Å². The first-order valence-electron chi connectivity index (χ1n) is 8.06. The molecule has 2 rings (SSSR count). The molecule has 0 heterocycles. The highest BCUT2D eigenvalue weighted by molar-refractivity contribution is 7.92. The molecule has 26 heavy (non-hydrogen) atoms. The SMILES string of the molecule is CCOc1ccccc1N(CCNC(=O)c1cccc(F)c1)S(C)(=O)=O. The van der Waals surface area contributed by atoms with Crippen LogP contribution in [0.5, 0.6) is 5.75 Å². The predicted molar refractivity (Wildman–Crippen MR) is 98.5 cm³/mol. The number of hydrogen-bond acceptors (Lipinski definition) is 4. The lowest BCUT2D eigenvalue weighted by Gasteiger charge is -2.24. The molecule has 0 saturated carbocycles. The van der Waals surface area contributed by atoms with E-state index in [2.05, 4.69) is 5.32 Å². The van der Waals surface area contributed by atoms with Crippen molar-refractivity contribution in [3.05, 3.63) is 59.9 Å². The van der Waals surface area contributed by atoms with Crippen molar-refractivity contribution in [3.8, 4) is 5.75 Å². The smallest absolute Gasteiger partial charge is 0.251 e. The predicted octanol–water partition coefficient (Wildman–Crippen LogP) is 2.42. The summed E-state index contributed by atoms with van der Waals surface area (Å²) in [5.74, 6) is -0.547. The molecular formula is C18H21FN2O4S. The Hall–Kier alpha value is -2.61. The fraction of sp³-hybridized carbons (Fsp3) is 0.278. The van der Waals surface area contributed by atoms with E-state index in [-0.39, 0.29) is 18.7 Å². The molecule has 0 aromatic heterocycles. The molecule has 0 radical (unpaired) electrons. The third-order valence-corrected chi connectivity index (χ3v) is 4.70. The number of para-hydroxylation sites is 2. The fourth-order valence-corrected chi connectivity index (χ4v) is 3.34. The van der Waals surface area contributed by atoms with Gasteiger partial charge in [-0.2, -0.15) is 0 Å². The van der Waals surface area contributed by atoms with Gasteiger partial charge < -0.3 is 10.1 Å². The monoisotopic (exact) mass is 380 g/mol. The normalized spacial score (nSPS) is 11.0. The van der Waals surface area contributed by atoms with E-state index in [1.807, 2.05) is 0 Å². The lowest BCUT2D eigenvalue weighted by atomic mass is 10.2. The van der Waals surface area contributed by atoms with Crippen molar-refractivity contribution in [2.45, 2.75) is 6.92 Å². The van der Waals surface area contributed by atoms with Gasteiger partial charge >= 0.3 is 0 Å². The molecule has 0 aliphatic carbocycles. The molecule has 0 spiro atoms. The lowest BCUT2D eigenvalue weighted by molar-refractivity contribution is 0.0954. The Labute approximate surface area is 152 Å². The molecule has 2 aromatic rings. The second-order valence-electron chi connectivity index (χ2n) is 5.50. The summed E-state index contributed by atoms with van der Waals surface area (Å²) in [5.41, 5.74) is 0.572. The first-order valence-corrected chi connectivity index (χ1v) is 9.91. The number of rotatable bonds is 8. The number of carbonyl (C=O) groups excluding carboxylic acids is 1. The van der Waals surface area contributed by atoms with Crippen LogP contribution >= 0.6 is 0 Å². The van der Waals surface area contributed by atoms with Crippen LogP contribution < -0.4 is 14.4 Å². The average molecular weight is 380 g/mol. The van der Waals surface area contributed by atoms with E-state index >= 15 is 0 Å². The Morgan fingerprint density at radius 3 is 2.58 bits per heavy atom. The van der Waals surface area contributed by atoms with E-state index in [0.717, 1.165) is 12.3 Å². The zero-order chi connectivity index (χ0) is 19.2.